The molecule has 0 bridgehead atoms. The highest BCUT2D eigenvalue weighted by molar-refractivity contribution is 9.10. The first-order chi connectivity index (χ1) is 8.50. The van der Waals surface area contributed by atoms with Crippen LogP contribution in [0.1, 0.15) is 5.56 Å². The standard InChI is InChI=1S/C10H14BrNO5S2/c1-7-5-8(11)6-9(19(12,15)16)10(7)17-3-4-18(2,13)14/h5-6H,3-4H2,1-2H3,(H2,12,15,16). The Bertz CT molecular complexity index is 682. The van der Waals surface area contributed by atoms with E-state index in [1.807, 2.05) is 0 Å². The Balaban J connectivity index is 3.13. The lowest BCUT2D eigenvalue weighted by atomic mass is 10.2. The van der Waals surface area contributed by atoms with Crippen LogP contribution >= 0.6 is 15.9 Å². The molecule has 1 aromatic carbocycles. The van der Waals surface area contributed by atoms with Crippen molar-refractivity contribution in [1.82, 2.24) is 0 Å². The molecule has 1 rings (SSSR count). The van der Waals surface area contributed by atoms with Gasteiger partial charge in [0, 0.05) is 10.7 Å². The summed E-state index contributed by atoms with van der Waals surface area (Å²) in [7, 11) is -7.13. The summed E-state index contributed by atoms with van der Waals surface area (Å²) in [6.45, 7) is 1.51. The maximum atomic E-state index is 11.5. The molecule has 0 unspecified atom stereocenters. The fourth-order valence-corrected chi connectivity index (χ4v) is 3.27. The molecular formula is C10H14BrNO5S2. The van der Waals surface area contributed by atoms with Gasteiger partial charge in [-0.1, -0.05) is 15.9 Å². The molecule has 0 atom stereocenters. The lowest BCUT2D eigenvalue weighted by Gasteiger charge is -2.13. The highest BCUT2D eigenvalue weighted by Gasteiger charge is 2.19. The van der Waals surface area contributed by atoms with E-state index in [1.54, 1.807) is 13.0 Å². The van der Waals surface area contributed by atoms with Gasteiger partial charge in [-0.05, 0) is 24.6 Å². The molecule has 19 heavy (non-hydrogen) atoms. The summed E-state index contributed by atoms with van der Waals surface area (Å²) < 4.78 is 50.8. The second-order valence-electron chi connectivity index (χ2n) is 4.07. The minimum atomic E-state index is -3.95. The first-order valence-corrected chi connectivity index (χ1v) is 9.54. The normalized spacial score (nSPS) is 12.4. The lowest BCUT2D eigenvalue weighted by molar-refractivity contribution is 0.329. The third-order valence-corrected chi connectivity index (χ3v) is 4.49. The zero-order valence-electron chi connectivity index (χ0n) is 10.4. The highest BCUT2D eigenvalue weighted by Crippen LogP contribution is 2.30. The van der Waals surface area contributed by atoms with E-state index in [2.05, 4.69) is 15.9 Å². The third-order valence-electron chi connectivity index (χ3n) is 2.21. The fraction of sp³-hybridized carbons (Fsp3) is 0.400. The van der Waals surface area contributed by atoms with Crippen LogP contribution in [0.2, 0.25) is 0 Å². The Labute approximate surface area is 121 Å². The quantitative estimate of drug-likeness (QED) is 0.825. The van der Waals surface area contributed by atoms with Crippen LogP contribution < -0.4 is 9.88 Å². The van der Waals surface area contributed by atoms with Crippen molar-refractivity contribution in [3.05, 3.63) is 22.2 Å². The van der Waals surface area contributed by atoms with Gasteiger partial charge < -0.3 is 4.74 Å². The number of sulfonamides is 1. The van der Waals surface area contributed by atoms with Gasteiger partial charge in [0.05, 0.1) is 5.75 Å². The van der Waals surface area contributed by atoms with Gasteiger partial charge in [-0.15, -0.1) is 0 Å². The summed E-state index contributed by atoms with van der Waals surface area (Å²) in [5.41, 5.74) is 0.548. The van der Waals surface area contributed by atoms with Crippen LogP contribution in [0, 0.1) is 6.92 Å². The number of ether oxygens (including phenoxy) is 1. The number of hydrogen-bond donors (Lipinski definition) is 1. The van der Waals surface area contributed by atoms with Crippen LogP contribution in [-0.2, 0) is 19.9 Å². The average Bonchev–Trinajstić information content (AvgIpc) is 2.17. The number of sulfone groups is 1. The summed E-state index contributed by atoms with van der Waals surface area (Å²) in [6.07, 6.45) is 1.07. The van der Waals surface area contributed by atoms with Crippen molar-refractivity contribution in [3.8, 4) is 5.75 Å². The molecule has 2 N–H and O–H groups in total. The molecule has 1 aromatic rings. The first-order valence-electron chi connectivity index (χ1n) is 5.14. The van der Waals surface area contributed by atoms with Gasteiger partial charge in [0.2, 0.25) is 10.0 Å². The first kappa shape index (κ1) is 16.4. The number of benzene rings is 1. The number of aryl methyl sites for hydroxylation is 1. The Hall–Kier alpha value is -0.640. The summed E-state index contributed by atoms with van der Waals surface area (Å²) in [5.74, 6) is -0.124. The van der Waals surface area contributed by atoms with E-state index in [0.717, 1.165) is 6.26 Å². The van der Waals surface area contributed by atoms with Gasteiger partial charge in [-0.25, -0.2) is 22.0 Å². The molecule has 0 amide bonds. The Morgan fingerprint density at radius 3 is 2.32 bits per heavy atom. The maximum absolute atomic E-state index is 11.5. The van der Waals surface area contributed by atoms with Crippen LogP contribution in [0.5, 0.6) is 5.75 Å². The molecule has 0 heterocycles. The lowest BCUT2D eigenvalue weighted by Crippen LogP contribution is -2.17. The molecular weight excluding hydrogens is 358 g/mol. The second kappa shape index (κ2) is 5.78. The predicted molar refractivity (Wildman–Crippen MR) is 75.5 cm³/mol. The maximum Gasteiger partial charge on any atom is 0.241 e. The molecule has 0 aliphatic rings. The third kappa shape index (κ3) is 5.09. The summed E-state index contributed by atoms with van der Waals surface area (Å²) >= 11 is 3.17. The monoisotopic (exact) mass is 371 g/mol. The minimum absolute atomic E-state index is 0.0781. The van der Waals surface area contributed by atoms with Crippen molar-refractivity contribution in [2.75, 3.05) is 18.6 Å². The van der Waals surface area contributed by atoms with Crippen molar-refractivity contribution >= 4 is 35.8 Å². The predicted octanol–water partition coefficient (Wildman–Crippen LogP) is 0.828. The number of hydrogen-bond acceptors (Lipinski definition) is 5. The molecule has 6 nitrogen and oxygen atoms in total. The summed E-state index contributed by atoms with van der Waals surface area (Å²) in [5, 5.41) is 5.11. The van der Waals surface area contributed by atoms with Crippen molar-refractivity contribution in [3.63, 3.8) is 0 Å². The van der Waals surface area contributed by atoms with Crippen LogP contribution in [-0.4, -0.2) is 35.5 Å². The van der Waals surface area contributed by atoms with Crippen LogP contribution in [0.4, 0.5) is 0 Å². The highest BCUT2D eigenvalue weighted by atomic mass is 79.9. The van der Waals surface area contributed by atoms with E-state index in [1.165, 1.54) is 6.07 Å². The van der Waals surface area contributed by atoms with Gasteiger partial charge in [-0.2, -0.15) is 0 Å². The Morgan fingerprint density at radius 2 is 1.84 bits per heavy atom. The topological polar surface area (TPSA) is 104 Å². The van der Waals surface area contributed by atoms with Gasteiger partial charge >= 0.3 is 0 Å². The second-order valence-corrected chi connectivity index (χ2v) is 8.78. The van der Waals surface area contributed by atoms with Gasteiger partial charge in [-0.3, -0.25) is 0 Å². The SMILES string of the molecule is Cc1cc(Br)cc(S(N)(=O)=O)c1OCCS(C)(=O)=O. The van der Waals surface area contributed by atoms with Crippen molar-refractivity contribution in [2.45, 2.75) is 11.8 Å². The number of rotatable bonds is 5. The molecule has 0 aliphatic heterocycles. The number of nitrogens with two attached hydrogens (primary N) is 1. The van der Waals surface area contributed by atoms with E-state index >= 15 is 0 Å². The average molecular weight is 372 g/mol. The van der Waals surface area contributed by atoms with Crippen LogP contribution in [0.25, 0.3) is 0 Å². The van der Waals surface area contributed by atoms with Crippen molar-refractivity contribution in [1.29, 1.82) is 0 Å². The van der Waals surface area contributed by atoms with E-state index in [4.69, 9.17) is 9.88 Å². The zero-order chi connectivity index (χ0) is 14.8. The van der Waals surface area contributed by atoms with Crippen molar-refractivity contribution < 1.29 is 21.6 Å². The summed E-state index contributed by atoms with van der Waals surface area (Å²) in [4.78, 5) is -0.173. The Morgan fingerprint density at radius 1 is 1.26 bits per heavy atom. The molecule has 0 saturated carbocycles. The molecule has 108 valence electrons. The van der Waals surface area contributed by atoms with Crippen LogP contribution in [0.3, 0.4) is 0 Å². The van der Waals surface area contributed by atoms with Gasteiger partial charge in [0.15, 0.2) is 9.84 Å². The molecule has 0 aliphatic carbocycles. The number of halogens is 1. The molecule has 9 heteroatoms. The molecule has 0 fully saturated rings. The Kier molecular flexibility index (Phi) is 4.99. The van der Waals surface area contributed by atoms with E-state index < -0.39 is 19.9 Å². The van der Waals surface area contributed by atoms with E-state index in [-0.39, 0.29) is 23.0 Å². The number of primary sulfonamides is 1. The van der Waals surface area contributed by atoms with Gasteiger partial charge in [0.1, 0.15) is 17.3 Å². The molecule has 0 radical (unpaired) electrons. The summed E-state index contributed by atoms with van der Waals surface area (Å²) in [6, 6.07) is 2.97. The fourth-order valence-electron chi connectivity index (χ4n) is 1.39. The van der Waals surface area contributed by atoms with Crippen molar-refractivity contribution in [2.24, 2.45) is 5.14 Å². The van der Waals surface area contributed by atoms with E-state index in [0.29, 0.717) is 10.0 Å². The smallest absolute Gasteiger partial charge is 0.241 e. The van der Waals surface area contributed by atoms with Crippen LogP contribution in [0.15, 0.2) is 21.5 Å². The largest absolute Gasteiger partial charge is 0.491 e. The zero-order valence-corrected chi connectivity index (χ0v) is 13.6. The minimum Gasteiger partial charge on any atom is -0.491 e. The van der Waals surface area contributed by atoms with E-state index in [9.17, 15) is 16.8 Å². The molecule has 0 aromatic heterocycles. The molecule has 0 saturated heterocycles. The van der Waals surface area contributed by atoms with Gasteiger partial charge in [0.25, 0.3) is 0 Å². The molecule has 0 spiro atoms.